The van der Waals surface area contributed by atoms with Gasteiger partial charge in [-0.1, -0.05) is 31.9 Å². The van der Waals surface area contributed by atoms with Crippen molar-refractivity contribution < 1.29 is 0 Å². The summed E-state index contributed by atoms with van der Waals surface area (Å²) in [6.07, 6.45) is 3.53. The Labute approximate surface area is 57.9 Å². The predicted molar refractivity (Wildman–Crippen MR) is 42.3 cm³/mol. The van der Waals surface area contributed by atoms with Gasteiger partial charge in [-0.2, -0.15) is 0 Å². The van der Waals surface area contributed by atoms with Crippen LogP contribution in [0.25, 0.3) is 0 Å². The molecular weight excluding hydrogens is 110 g/mol. The largest absolute Gasteiger partial charge is 0.324 e. The Morgan fingerprint density at radius 1 is 1.67 bits per heavy atom. The summed E-state index contributed by atoms with van der Waals surface area (Å²) in [5.74, 6) is 0. The molecule has 1 heteroatoms. The van der Waals surface area contributed by atoms with Crippen molar-refractivity contribution in [3.63, 3.8) is 0 Å². The Kier molecular flexibility index (Phi) is 4.41. The van der Waals surface area contributed by atoms with E-state index in [-0.39, 0.29) is 6.04 Å². The predicted octanol–water partition coefficient (Wildman–Crippen LogP) is 2.08. The lowest BCUT2D eigenvalue weighted by atomic mass is 10.1. The van der Waals surface area contributed by atoms with Gasteiger partial charge < -0.3 is 5.73 Å². The van der Waals surface area contributed by atoms with Gasteiger partial charge in [0.2, 0.25) is 0 Å². The van der Waals surface area contributed by atoms with E-state index in [2.05, 4.69) is 13.5 Å². The molecule has 54 valence electrons. The lowest BCUT2D eigenvalue weighted by Gasteiger charge is -2.08. The Morgan fingerprint density at radius 3 is 2.56 bits per heavy atom. The summed E-state index contributed by atoms with van der Waals surface area (Å²) in [5, 5.41) is 0. The highest BCUT2D eigenvalue weighted by molar-refractivity contribution is 4.99. The molecule has 0 aromatic rings. The van der Waals surface area contributed by atoms with Gasteiger partial charge in [-0.3, -0.25) is 0 Å². The zero-order valence-electron chi connectivity index (χ0n) is 6.48. The molecule has 0 bridgehead atoms. The molecule has 9 heavy (non-hydrogen) atoms. The molecular formula is C8H17N. The number of hydrogen-bond donors (Lipinski definition) is 1. The van der Waals surface area contributed by atoms with Crippen LogP contribution in [0, 0.1) is 0 Å². The molecule has 0 saturated carbocycles. The van der Waals surface area contributed by atoms with Crippen LogP contribution in [0.4, 0.5) is 0 Å². The topological polar surface area (TPSA) is 26.0 Å². The first-order valence-electron chi connectivity index (χ1n) is 3.59. The number of rotatable bonds is 4. The average molecular weight is 127 g/mol. The molecule has 0 radical (unpaired) electrons. The van der Waals surface area contributed by atoms with Gasteiger partial charge in [0.25, 0.3) is 0 Å². The van der Waals surface area contributed by atoms with E-state index in [1.54, 1.807) is 0 Å². The fourth-order valence-corrected chi connectivity index (χ4v) is 0.670. The van der Waals surface area contributed by atoms with Crippen molar-refractivity contribution in [1.82, 2.24) is 0 Å². The van der Waals surface area contributed by atoms with E-state index < -0.39 is 0 Å². The van der Waals surface area contributed by atoms with Crippen LogP contribution in [0.1, 0.15) is 33.1 Å². The first-order valence-corrected chi connectivity index (χ1v) is 3.59. The molecule has 0 fully saturated rings. The van der Waals surface area contributed by atoms with E-state index in [1.165, 1.54) is 12.8 Å². The van der Waals surface area contributed by atoms with Crippen molar-refractivity contribution in [3.05, 3.63) is 12.2 Å². The van der Waals surface area contributed by atoms with E-state index in [4.69, 9.17) is 5.73 Å². The second kappa shape index (κ2) is 4.57. The van der Waals surface area contributed by atoms with Crippen LogP contribution >= 0.6 is 0 Å². The maximum absolute atomic E-state index is 5.70. The lowest BCUT2D eigenvalue weighted by Crippen LogP contribution is -2.20. The van der Waals surface area contributed by atoms with Crippen LogP contribution in [-0.2, 0) is 0 Å². The molecule has 2 N–H and O–H groups in total. The standard InChI is InChI=1S/C8H17N/c1-4-5-6-8(9)7(2)3/h8H,2,4-6,9H2,1,3H3. The average Bonchev–Trinajstić information content (AvgIpc) is 1.82. The second-order valence-corrected chi connectivity index (χ2v) is 2.60. The molecule has 1 unspecified atom stereocenters. The van der Waals surface area contributed by atoms with Gasteiger partial charge in [0.05, 0.1) is 0 Å². The molecule has 0 amide bonds. The van der Waals surface area contributed by atoms with E-state index in [9.17, 15) is 0 Å². The molecule has 0 aliphatic heterocycles. The SMILES string of the molecule is C=C(C)C(N)CCCC. The Hall–Kier alpha value is -0.300. The molecule has 0 aliphatic rings. The fourth-order valence-electron chi connectivity index (χ4n) is 0.670. The highest BCUT2D eigenvalue weighted by Crippen LogP contribution is 2.04. The zero-order valence-corrected chi connectivity index (χ0v) is 6.48. The molecule has 0 heterocycles. The third kappa shape index (κ3) is 4.22. The minimum atomic E-state index is 0.227. The molecule has 0 aromatic carbocycles. The van der Waals surface area contributed by atoms with Crippen LogP contribution in [-0.4, -0.2) is 6.04 Å². The lowest BCUT2D eigenvalue weighted by molar-refractivity contribution is 0.634. The van der Waals surface area contributed by atoms with Crippen LogP contribution < -0.4 is 5.73 Å². The van der Waals surface area contributed by atoms with Crippen molar-refractivity contribution >= 4 is 0 Å². The summed E-state index contributed by atoms with van der Waals surface area (Å²) in [6, 6.07) is 0.227. The monoisotopic (exact) mass is 127 g/mol. The van der Waals surface area contributed by atoms with E-state index in [1.807, 2.05) is 6.92 Å². The van der Waals surface area contributed by atoms with Crippen molar-refractivity contribution in [2.45, 2.75) is 39.2 Å². The highest BCUT2D eigenvalue weighted by Gasteiger charge is 1.99. The first kappa shape index (κ1) is 8.70. The van der Waals surface area contributed by atoms with Crippen LogP contribution in [0.15, 0.2) is 12.2 Å². The molecule has 1 atom stereocenters. The number of nitrogens with two attached hydrogens (primary N) is 1. The minimum Gasteiger partial charge on any atom is -0.324 e. The summed E-state index contributed by atoms with van der Waals surface area (Å²) in [4.78, 5) is 0. The molecule has 0 rings (SSSR count). The van der Waals surface area contributed by atoms with Crippen LogP contribution in [0.2, 0.25) is 0 Å². The van der Waals surface area contributed by atoms with Crippen molar-refractivity contribution in [3.8, 4) is 0 Å². The third-order valence-corrected chi connectivity index (χ3v) is 1.50. The maximum Gasteiger partial charge on any atom is 0.0248 e. The van der Waals surface area contributed by atoms with E-state index >= 15 is 0 Å². The van der Waals surface area contributed by atoms with Crippen LogP contribution in [0.3, 0.4) is 0 Å². The van der Waals surface area contributed by atoms with Gasteiger partial charge >= 0.3 is 0 Å². The summed E-state index contributed by atoms with van der Waals surface area (Å²) in [6.45, 7) is 7.94. The maximum atomic E-state index is 5.70. The van der Waals surface area contributed by atoms with Gasteiger partial charge in [-0.05, 0) is 13.3 Å². The Bertz CT molecular complexity index is 86.6. The minimum absolute atomic E-state index is 0.227. The van der Waals surface area contributed by atoms with E-state index in [0.717, 1.165) is 12.0 Å². The molecule has 0 spiro atoms. The van der Waals surface area contributed by atoms with Gasteiger partial charge in [0.1, 0.15) is 0 Å². The Morgan fingerprint density at radius 2 is 2.22 bits per heavy atom. The summed E-state index contributed by atoms with van der Waals surface area (Å²) >= 11 is 0. The summed E-state index contributed by atoms with van der Waals surface area (Å²) < 4.78 is 0. The van der Waals surface area contributed by atoms with Gasteiger partial charge in [-0.15, -0.1) is 0 Å². The first-order chi connectivity index (χ1) is 4.18. The van der Waals surface area contributed by atoms with Gasteiger partial charge in [-0.25, -0.2) is 0 Å². The molecule has 0 aliphatic carbocycles. The smallest absolute Gasteiger partial charge is 0.0248 e. The third-order valence-electron chi connectivity index (χ3n) is 1.50. The molecule has 1 nitrogen and oxygen atoms in total. The quantitative estimate of drug-likeness (QED) is 0.575. The summed E-state index contributed by atoms with van der Waals surface area (Å²) in [7, 11) is 0. The highest BCUT2D eigenvalue weighted by atomic mass is 14.6. The summed E-state index contributed by atoms with van der Waals surface area (Å²) in [5.41, 5.74) is 6.80. The van der Waals surface area contributed by atoms with Gasteiger partial charge in [0.15, 0.2) is 0 Å². The Balaban J connectivity index is 3.27. The fraction of sp³-hybridized carbons (Fsp3) is 0.750. The zero-order chi connectivity index (χ0) is 7.28. The number of unbranched alkanes of at least 4 members (excludes halogenated alkanes) is 1. The van der Waals surface area contributed by atoms with Crippen molar-refractivity contribution in [2.24, 2.45) is 5.73 Å². The molecule has 0 saturated heterocycles. The van der Waals surface area contributed by atoms with Crippen LogP contribution in [0.5, 0.6) is 0 Å². The van der Waals surface area contributed by atoms with Crippen molar-refractivity contribution in [2.75, 3.05) is 0 Å². The number of hydrogen-bond acceptors (Lipinski definition) is 1. The normalized spacial score (nSPS) is 13.2. The second-order valence-electron chi connectivity index (χ2n) is 2.60. The van der Waals surface area contributed by atoms with Crippen molar-refractivity contribution in [1.29, 1.82) is 0 Å². The van der Waals surface area contributed by atoms with Gasteiger partial charge in [0, 0.05) is 6.04 Å². The molecule has 0 aromatic heterocycles. The van der Waals surface area contributed by atoms with E-state index in [0.29, 0.717) is 0 Å².